The number of carbonyl (C=O) groups excluding carboxylic acids is 1. The summed E-state index contributed by atoms with van der Waals surface area (Å²) >= 11 is 0. The molecule has 0 radical (unpaired) electrons. The van der Waals surface area contributed by atoms with Crippen LogP contribution in [0.2, 0.25) is 0 Å². The summed E-state index contributed by atoms with van der Waals surface area (Å²) in [5, 5.41) is 7.81. The maximum Gasteiger partial charge on any atom is 0.318 e. The second kappa shape index (κ2) is 6.32. The van der Waals surface area contributed by atoms with E-state index in [-0.39, 0.29) is 18.5 Å². The number of rotatable bonds is 5. The average molecular weight is 274 g/mol. The van der Waals surface area contributed by atoms with E-state index >= 15 is 0 Å². The van der Waals surface area contributed by atoms with Gasteiger partial charge in [-0.25, -0.2) is 0 Å². The Morgan fingerprint density at radius 3 is 2.40 bits per heavy atom. The molecule has 2 aromatic rings. The van der Waals surface area contributed by atoms with Crippen LogP contribution in [0.3, 0.4) is 0 Å². The minimum absolute atomic E-state index is 0.142. The van der Waals surface area contributed by atoms with Crippen LogP contribution in [0.1, 0.15) is 50.0 Å². The van der Waals surface area contributed by atoms with E-state index in [1.807, 2.05) is 44.2 Å². The fourth-order valence-corrected chi connectivity index (χ4v) is 1.61. The highest BCUT2D eigenvalue weighted by molar-refractivity contribution is 5.76. The van der Waals surface area contributed by atoms with E-state index in [2.05, 4.69) is 10.2 Å². The van der Waals surface area contributed by atoms with Crippen LogP contribution in [-0.4, -0.2) is 16.2 Å². The second-order valence-electron chi connectivity index (χ2n) is 4.95. The van der Waals surface area contributed by atoms with Crippen LogP contribution in [0.4, 0.5) is 0 Å². The van der Waals surface area contributed by atoms with Gasteiger partial charge in [-0.2, -0.15) is 0 Å². The van der Waals surface area contributed by atoms with E-state index in [0.717, 1.165) is 5.56 Å². The molecule has 1 atom stereocenters. The van der Waals surface area contributed by atoms with Crippen molar-refractivity contribution in [3.8, 4) is 0 Å². The molecule has 1 aromatic carbocycles. The molecule has 5 heteroatoms. The van der Waals surface area contributed by atoms with Crippen molar-refractivity contribution in [3.63, 3.8) is 0 Å². The molecule has 0 saturated heterocycles. The molecule has 0 bridgehead atoms. The largest absolute Gasteiger partial charge is 0.460 e. The molecule has 0 aliphatic carbocycles. The zero-order chi connectivity index (χ0) is 14.5. The van der Waals surface area contributed by atoms with Gasteiger partial charge < -0.3 is 9.15 Å². The van der Waals surface area contributed by atoms with Crippen molar-refractivity contribution >= 4 is 5.97 Å². The number of nitrogens with zero attached hydrogens (tertiary/aromatic N) is 2. The Labute approximate surface area is 118 Å². The smallest absolute Gasteiger partial charge is 0.318 e. The molecule has 5 nitrogen and oxygen atoms in total. The number of carbonyl (C=O) groups is 1. The lowest BCUT2D eigenvalue weighted by Crippen LogP contribution is -2.13. The van der Waals surface area contributed by atoms with Gasteiger partial charge >= 0.3 is 5.97 Å². The molecular weight excluding hydrogens is 256 g/mol. The van der Waals surface area contributed by atoms with Crippen LogP contribution in [0, 0.1) is 0 Å². The fraction of sp³-hybridized carbons (Fsp3) is 0.400. The third-order valence-electron chi connectivity index (χ3n) is 2.90. The third-order valence-corrected chi connectivity index (χ3v) is 2.90. The number of aromatic nitrogens is 2. The quantitative estimate of drug-likeness (QED) is 0.784. The zero-order valence-corrected chi connectivity index (χ0v) is 11.9. The SMILES string of the molecule is CC(C)c1nnc(C(C)C(=O)OCc2ccccc2)o1. The van der Waals surface area contributed by atoms with Crippen LogP contribution >= 0.6 is 0 Å². The number of esters is 1. The van der Waals surface area contributed by atoms with E-state index in [1.165, 1.54) is 0 Å². The highest BCUT2D eigenvalue weighted by Crippen LogP contribution is 2.19. The Bertz CT molecular complexity index is 564. The molecule has 106 valence electrons. The minimum Gasteiger partial charge on any atom is -0.460 e. The third kappa shape index (κ3) is 3.44. The number of benzene rings is 1. The highest BCUT2D eigenvalue weighted by atomic mass is 16.5. The first-order chi connectivity index (χ1) is 9.58. The van der Waals surface area contributed by atoms with Gasteiger partial charge in [0, 0.05) is 5.92 Å². The maximum absolute atomic E-state index is 11.9. The molecule has 0 aliphatic rings. The first kappa shape index (κ1) is 14.2. The molecule has 0 spiro atoms. The van der Waals surface area contributed by atoms with Gasteiger partial charge in [-0.05, 0) is 12.5 Å². The molecule has 0 aliphatic heterocycles. The summed E-state index contributed by atoms with van der Waals surface area (Å²) in [4.78, 5) is 11.9. The lowest BCUT2D eigenvalue weighted by Gasteiger charge is -2.08. The molecule has 0 amide bonds. The van der Waals surface area contributed by atoms with E-state index in [0.29, 0.717) is 11.8 Å². The van der Waals surface area contributed by atoms with Crippen LogP contribution in [-0.2, 0) is 16.1 Å². The van der Waals surface area contributed by atoms with Gasteiger partial charge in [0.15, 0.2) is 0 Å². The van der Waals surface area contributed by atoms with Gasteiger partial charge in [0.05, 0.1) is 0 Å². The predicted octanol–water partition coefficient (Wildman–Crippen LogP) is 3.04. The molecule has 1 heterocycles. The van der Waals surface area contributed by atoms with Gasteiger partial charge in [-0.3, -0.25) is 4.79 Å². The van der Waals surface area contributed by atoms with Gasteiger partial charge in [-0.15, -0.1) is 10.2 Å². The summed E-state index contributed by atoms with van der Waals surface area (Å²) in [7, 11) is 0. The van der Waals surface area contributed by atoms with Crippen molar-refractivity contribution in [2.24, 2.45) is 0 Å². The van der Waals surface area contributed by atoms with Crippen molar-refractivity contribution < 1.29 is 13.9 Å². The standard InChI is InChI=1S/C15H18N2O3/c1-10(2)13-16-17-14(20-13)11(3)15(18)19-9-12-7-5-4-6-8-12/h4-8,10-11H,9H2,1-3H3. The summed E-state index contributed by atoms with van der Waals surface area (Å²) in [5.41, 5.74) is 0.946. The van der Waals surface area contributed by atoms with Crippen LogP contribution in [0.15, 0.2) is 34.7 Å². The van der Waals surface area contributed by atoms with E-state index in [4.69, 9.17) is 9.15 Å². The van der Waals surface area contributed by atoms with Crippen LogP contribution < -0.4 is 0 Å². The predicted molar refractivity (Wildman–Crippen MR) is 73.0 cm³/mol. The zero-order valence-electron chi connectivity index (χ0n) is 11.9. The lowest BCUT2D eigenvalue weighted by molar-refractivity contribution is -0.146. The van der Waals surface area contributed by atoms with Crippen molar-refractivity contribution in [1.29, 1.82) is 0 Å². The van der Waals surface area contributed by atoms with Crippen molar-refractivity contribution in [2.45, 2.75) is 39.2 Å². The van der Waals surface area contributed by atoms with Crippen molar-refractivity contribution in [3.05, 3.63) is 47.7 Å². The highest BCUT2D eigenvalue weighted by Gasteiger charge is 2.23. The lowest BCUT2D eigenvalue weighted by atomic mass is 10.2. The molecular formula is C15H18N2O3. The Balaban J connectivity index is 1.94. The van der Waals surface area contributed by atoms with Crippen LogP contribution in [0.25, 0.3) is 0 Å². The minimum atomic E-state index is -0.557. The monoisotopic (exact) mass is 274 g/mol. The maximum atomic E-state index is 11.9. The number of hydrogen-bond donors (Lipinski definition) is 0. The van der Waals surface area contributed by atoms with Crippen LogP contribution in [0.5, 0.6) is 0 Å². The van der Waals surface area contributed by atoms with Gasteiger partial charge in [0.2, 0.25) is 11.8 Å². The Morgan fingerprint density at radius 1 is 1.15 bits per heavy atom. The van der Waals surface area contributed by atoms with Gasteiger partial charge in [0.1, 0.15) is 12.5 Å². The number of hydrogen-bond acceptors (Lipinski definition) is 5. The molecule has 1 unspecified atom stereocenters. The molecule has 0 saturated carbocycles. The molecule has 0 fully saturated rings. The first-order valence-corrected chi connectivity index (χ1v) is 6.61. The molecule has 1 aromatic heterocycles. The molecule has 0 N–H and O–H groups in total. The number of ether oxygens (including phenoxy) is 1. The Hall–Kier alpha value is -2.17. The summed E-state index contributed by atoms with van der Waals surface area (Å²) < 4.78 is 10.7. The van der Waals surface area contributed by atoms with Gasteiger partial charge in [-0.1, -0.05) is 44.2 Å². The van der Waals surface area contributed by atoms with E-state index in [9.17, 15) is 4.79 Å². The summed E-state index contributed by atoms with van der Waals surface area (Å²) in [5.74, 6) is 0.0461. The Morgan fingerprint density at radius 2 is 1.80 bits per heavy atom. The summed E-state index contributed by atoms with van der Waals surface area (Å²) in [6.45, 7) is 5.85. The van der Waals surface area contributed by atoms with Crippen molar-refractivity contribution in [1.82, 2.24) is 10.2 Å². The Kier molecular flexibility index (Phi) is 4.50. The summed E-state index contributed by atoms with van der Waals surface area (Å²) in [6, 6.07) is 9.53. The van der Waals surface area contributed by atoms with Gasteiger partial charge in [0.25, 0.3) is 0 Å². The fourth-order valence-electron chi connectivity index (χ4n) is 1.61. The molecule has 2 rings (SSSR count). The average Bonchev–Trinajstić information content (AvgIpc) is 2.95. The second-order valence-corrected chi connectivity index (χ2v) is 4.95. The molecule has 20 heavy (non-hydrogen) atoms. The van der Waals surface area contributed by atoms with E-state index in [1.54, 1.807) is 6.92 Å². The summed E-state index contributed by atoms with van der Waals surface area (Å²) in [6.07, 6.45) is 0. The normalized spacial score (nSPS) is 12.4. The topological polar surface area (TPSA) is 65.2 Å². The van der Waals surface area contributed by atoms with Crippen molar-refractivity contribution in [2.75, 3.05) is 0 Å². The first-order valence-electron chi connectivity index (χ1n) is 6.61. The van der Waals surface area contributed by atoms with E-state index < -0.39 is 5.92 Å².